The average Bonchev–Trinajstić information content (AvgIpc) is 2.93. The quantitative estimate of drug-likeness (QED) is 0.853. The Balaban J connectivity index is 1.91. The molecule has 0 saturated carbocycles. The van der Waals surface area contributed by atoms with Crippen LogP contribution in [-0.2, 0) is 16.4 Å². The number of hydrogen-bond acceptors (Lipinski definition) is 4. The molecular formula is C18H20N2O3S. The van der Waals surface area contributed by atoms with Crippen molar-refractivity contribution < 1.29 is 13.2 Å². The van der Waals surface area contributed by atoms with E-state index in [9.17, 15) is 13.2 Å². The van der Waals surface area contributed by atoms with Crippen LogP contribution in [0.4, 0.5) is 0 Å². The lowest BCUT2D eigenvalue weighted by Gasteiger charge is -2.28. The molecule has 2 aromatic rings. The smallest absolute Gasteiger partial charge is 0.273 e. The third-order valence-electron chi connectivity index (χ3n) is 4.21. The van der Waals surface area contributed by atoms with Gasteiger partial charge in [0.1, 0.15) is 5.69 Å². The van der Waals surface area contributed by atoms with E-state index in [0.717, 1.165) is 11.3 Å². The molecule has 1 saturated heterocycles. The van der Waals surface area contributed by atoms with E-state index in [1.165, 1.54) is 0 Å². The van der Waals surface area contributed by atoms with Crippen LogP contribution in [-0.4, -0.2) is 41.8 Å². The second-order valence-electron chi connectivity index (χ2n) is 6.14. The Morgan fingerprint density at radius 2 is 1.92 bits per heavy atom. The number of rotatable bonds is 4. The topological polar surface area (TPSA) is 67.3 Å². The Kier molecular flexibility index (Phi) is 4.66. The summed E-state index contributed by atoms with van der Waals surface area (Å²) < 4.78 is 23.7. The van der Waals surface area contributed by atoms with Crippen LogP contribution in [0.3, 0.4) is 0 Å². The van der Waals surface area contributed by atoms with Gasteiger partial charge in [0.05, 0.1) is 11.5 Å². The monoisotopic (exact) mass is 344 g/mol. The average molecular weight is 344 g/mol. The van der Waals surface area contributed by atoms with Gasteiger partial charge in [-0.3, -0.25) is 4.79 Å². The van der Waals surface area contributed by atoms with Crippen molar-refractivity contribution in [1.82, 2.24) is 9.88 Å². The van der Waals surface area contributed by atoms with Crippen molar-refractivity contribution in [2.45, 2.75) is 25.9 Å². The van der Waals surface area contributed by atoms with E-state index in [4.69, 9.17) is 0 Å². The van der Waals surface area contributed by atoms with Crippen LogP contribution in [0.1, 0.15) is 28.2 Å². The number of carbonyl (C=O) groups excluding carboxylic acids is 1. The van der Waals surface area contributed by atoms with E-state index in [0.29, 0.717) is 18.7 Å². The van der Waals surface area contributed by atoms with E-state index in [-0.39, 0.29) is 23.5 Å². The van der Waals surface area contributed by atoms with Crippen molar-refractivity contribution in [3.63, 3.8) is 0 Å². The molecule has 126 valence electrons. The van der Waals surface area contributed by atoms with Gasteiger partial charge in [0.15, 0.2) is 9.84 Å². The Labute approximate surface area is 142 Å². The Bertz CT molecular complexity index is 834. The zero-order valence-electron chi connectivity index (χ0n) is 13.6. The van der Waals surface area contributed by atoms with Gasteiger partial charge >= 0.3 is 0 Å². The summed E-state index contributed by atoms with van der Waals surface area (Å²) in [6.07, 6.45) is 0.479. The summed E-state index contributed by atoms with van der Waals surface area (Å²) in [6, 6.07) is 14.6. The van der Waals surface area contributed by atoms with Gasteiger partial charge in [-0.2, -0.15) is 0 Å². The summed E-state index contributed by atoms with van der Waals surface area (Å²) in [5, 5.41) is 0. The van der Waals surface area contributed by atoms with Crippen LogP contribution in [0.25, 0.3) is 0 Å². The molecule has 1 amide bonds. The first-order valence-electron chi connectivity index (χ1n) is 7.93. The lowest BCUT2D eigenvalue weighted by atomic mass is 10.1. The summed E-state index contributed by atoms with van der Waals surface area (Å²) in [6.45, 7) is 2.22. The second-order valence-corrected chi connectivity index (χ2v) is 8.37. The molecule has 1 aromatic heterocycles. The Morgan fingerprint density at radius 1 is 1.17 bits per heavy atom. The lowest BCUT2D eigenvalue weighted by molar-refractivity contribution is 0.0674. The first-order chi connectivity index (χ1) is 11.4. The third kappa shape index (κ3) is 3.82. The lowest BCUT2D eigenvalue weighted by Crippen LogP contribution is -2.41. The number of sulfone groups is 1. The zero-order chi connectivity index (χ0) is 17.2. The summed E-state index contributed by atoms with van der Waals surface area (Å²) in [5.41, 5.74) is 2.09. The first-order valence-corrected chi connectivity index (χ1v) is 9.76. The van der Waals surface area contributed by atoms with Gasteiger partial charge < -0.3 is 4.90 Å². The first kappa shape index (κ1) is 16.6. The predicted octanol–water partition coefficient (Wildman–Crippen LogP) is 2.22. The molecule has 1 fully saturated rings. The van der Waals surface area contributed by atoms with E-state index < -0.39 is 9.84 Å². The minimum absolute atomic E-state index is 0.0252. The molecule has 0 spiro atoms. The van der Waals surface area contributed by atoms with Gasteiger partial charge in [-0.05, 0) is 31.0 Å². The summed E-state index contributed by atoms with van der Waals surface area (Å²) in [5.74, 6) is -0.0563. The van der Waals surface area contributed by atoms with Gasteiger partial charge in [-0.1, -0.05) is 36.4 Å². The molecule has 24 heavy (non-hydrogen) atoms. The van der Waals surface area contributed by atoms with Crippen molar-refractivity contribution in [1.29, 1.82) is 0 Å². The van der Waals surface area contributed by atoms with Gasteiger partial charge in [-0.25, -0.2) is 13.4 Å². The van der Waals surface area contributed by atoms with E-state index >= 15 is 0 Å². The molecule has 0 aliphatic carbocycles. The Hall–Kier alpha value is -2.21. The zero-order valence-corrected chi connectivity index (χ0v) is 14.4. The van der Waals surface area contributed by atoms with Crippen LogP contribution in [0, 0.1) is 6.92 Å². The molecule has 0 bridgehead atoms. The third-order valence-corrected chi connectivity index (χ3v) is 5.96. The molecule has 0 radical (unpaired) electrons. The van der Waals surface area contributed by atoms with Crippen LogP contribution in [0.2, 0.25) is 0 Å². The van der Waals surface area contributed by atoms with E-state index in [1.807, 2.05) is 43.3 Å². The number of hydrogen-bond donors (Lipinski definition) is 0. The summed E-state index contributed by atoms with van der Waals surface area (Å²) in [7, 11) is -3.07. The summed E-state index contributed by atoms with van der Waals surface area (Å²) in [4.78, 5) is 18.9. The fourth-order valence-corrected chi connectivity index (χ4v) is 4.71. The molecule has 2 heterocycles. The van der Waals surface area contributed by atoms with Crippen LogP contribution >= 0.6 is 0 Å². The van der Waals surface area contributed by atoms with Gasteiger partial charge in [0.2, 0.25) is 0 Å². The number of nitrogens with zero attached hydrogens (tertiary/aromatic N) is 2. The standard InChI is InChI=1S/C18H20N2O3S/c1-14-6-5-9-17(19-14)18(21)20(12-15-7-3-2-4-8-15)16-10-11-24(22,23)13-16/h2-9,16H,10-13H2,1H3. The maximum atomic E-state index is 13.0. The van der Waals surface area contributed by atoms with Gasteiger partial charge in [-0.15, -0.1) is 0 Å². The van der Waals surface area contributed by atoms with Crippen molar-refractivity contribution in [2.75, 3.05) is 11.5 Å². The van der Waals surface area contributed by atoms with E-state index in [1.54, 1.807) is 17.0 Å². The van der Waals surface area contributed by atoms with Gasteiger partial charge in [0, 0.05) is 18.3 Å². The minimum atomic E-state index is -3.07. The fourth-order valence-electron chi connectivity index (χ4n) is 2.98. The number of aryl methyl sites for hydroxylation is 1. The normalized spacial score (nSPS) is 19.1. The maximum absolute atomic E-state index is 13.0. The van der Waals surface area contributed by atoms with Crippen LogP contribution < -0.4 is 0 Å². The van der Waals surface area contributed by atoms with Crippen molar-refractivity contribution >= 4 is 15.7 Å². The van der Waals surface area contributed by atoms with E-state index in [2.05, 4.69) is 4.98 Å². The molecule has 1 aliphatic heterocycles. The minimum Gasteiger partial charge on any atom is -0.329 e. The molecule has 1 unspecified atom stereocenters. The predicted molar refractivity (Wildman–Crippen MR) is 92.3 cm³/mol. The highest BCUT2D eigenvalue weighted by atomic mass is 32.2. The number of benzene rings is 1. The largest absolute Gasteiger partial charge is 0.329 e. The fraction of sp³-hybridized carbons (Fsp3) is 0.333. The highest BCUT2D eigenvalue weighted by Gasteiger charge is 2.35. The van der Waals surface area contributed by atoms with Crippen LogP contribution in [0.5, 0.6) is 0 Å². The molecule has 1 atom stereocenters. The van der Waals surface area contributed by atoms with Crippen molar-refractivity contribution in [2.24, 2.45) is 0 Å². The second kappa shape index (κ2) is 6.73. The molecule has 0 N–H and O–H groups in total. The highest BCUT2D eigenvalue weighted by Crippen LogP contribution is 2.22. The summed E-state index contributed by atoms with van der Waals surface area (Å²) >= 11 is 0. The van der Waals surface area contributed by atoms with Gasteiger partial charge in [0.25, 0.3) is 5.91 Å². The number of aromatic nitrogens is 1. The number of carbonyl (C=O) groups is 1. The highest BCUT2D eigenvalue weighted by molar-refractivity contribution is 7.91. The molecule has 1 aliphatic rings. The molecule has 3 rings (SSSR count). The number of amides is 1. The van der Waals surface area contributed by atoms with Crippen molar-refractivity contribution in [3.05, 3.63) is 65.5 Å². The maximum Gasteiger partial charge on any atom is 0.273 e. The van der Waals surface area contributed by atoms with Crippen molar-refractivity contribution in [3.8, 4) is 0 Å². The Morgan fingerprint density at radius 3 is 2.54 bits per heavy atom. The molecule has 6 heteroatoms. The molecule has 5 nitrogen and oxygen atoms in total. The van der Waals surface area contributed by atoms with Crippen LogP contribution in [0.15, 0.2) is 48.5 Å². The molecular weight excluding hydrogens is 324 g/mol. The molecule has 1 aromatic carbocycles. The number of pyridine rings is 1. The SMILES string of the molecule is Cc1cccc(C(=O)N(Cc2ccccc2)C2CCS(=O)(=O)C2)n1.